The van der Waals surface area contributed by atoms with Crippen LogP contribution in [-0.4, -0.2) is 16.1 Å². The topological polar surface area (TPSA) is 60.9 Å². The van der Waals surface area contributed by atoms with Crippen LogP contribution in [0.1, 0.15) is 17.3 Å². The molecule has 4 nitrogen and oxygen atoms in total. The highest BCUT2D eigenvalue weighted by molar-refractivity contribution is 7.13. The quantitative estimate of drug-likeness (QED) is 0.667. The summed E-state index contributed by atoms with van der Waals surface area (Å²) in [4.78, 5) is 12.0. The van der Waals surface area contributed by atoms with Crippen molar-refractivity contribution in [3.63, 3.8) is 0 Å². The zero-order valence-electron chi connectivity index (χ0n) is 9.51. The Hall–Kier alpha value is -1.88. The smallest absolute Gasteiger partial charge is 0.156 e. The number of thiophene rings is 1. The molecule has 2 N–H and O–H groups in total. The highest BCUT2D eigenvalue weighted by Crippen LogP contribution is 2.29. The maximum absolute atomic E-state index is 11.1. The number of carbonyl (C=O) groups is 1. The molecule has 2 heterocycles. The molecule has 2 rings (SSSR count). The second-order valence-corrected chi connectivity index (χ2v) is 4.81. The summed E-state index contributed by atoms with van der Waals surface area (Å²) in [6, 6.07) is 3.84. The van der Waals surface area contributed by atoms with Gasteiger partial charge in [0.1, 0.15) is 11.5 Å². The van der Waals surface area contributed by atoms with Gasteiger partial charge in [-0.15, -0.1) is 11.3 Å². The normalized spacial score (nSPS) is 10.4. The first-order valence-electron chi connectivity index (χ1n) is 5.13. The summed E-state index contributed by atoms with van der Waals surface area (Å²) in [5.74, 6) is 0.395. The summed E-state index contributed by atoms with van der Waals surface area (Å²) in [6.07, 6.45) is 0.756. The van der Waals surface area contributed by atoms with E-state index < -0.39 is 0 Å². The summed E-state index contributed by atoms with van der Waals surface area (Å²) >= 11 is 1.53. The number of nitrogens with zero attached hydrogens (tertiary/aromatic N) is 2. The van der Waals surface area contributed by atoms with E-state index in [4.69, 9.17) is 5.73 Å². The molecule has 0 bridgehead atoms. The summed E-state index contributed by atoms with van der Waals surface area (Å²) < 4.78 is 1.61. The van der Waals surface area contributed by atoms with Crippen molar-refractivity contribution >= 4 is 23.4 Å². The SMILES string of the molecule is C=C(C)Cn1nc(-c2cccs2)c(C=O)c1N. The standard InChI is InChI=1S/C12H13N3OS/c1-8(2)6-15-12(13)9(7-16)11(14-15)10-4-3-5-17-10/h3-5,7H,1,6,13H2,2H3. The highest BCUT2D eigenvalue weighted by atomic mass is 32.1. The van der Waals surface area contributed by atoms with Gasteiger partial charge in [0, 0.05) is 0 Å². The van der Waals surface area contributed by atoms with Crippen LogP contribution >= 0.6 is 11.3 Å². The predicted octanol–water partition coefficient (Wildman–Crippen LogP) is 2.58. The molecular formula is C12H13N3OS. The second-order valence-electron chi connectivity index (χ2n) is 3.86. The minimum absolute atomic E-state index is 0.395. The maximum atomic E-state index is 11.1. The average Bonchev–Trinajstić information content (AvgIpc) is 2.87. The molecule has 0 saturated heterocycles. The molecule has 0 saturated carbocycles. The van der Waals surface area contributed by atoms with Crippen LogP contribution in [-0.2, 0) is 6.54 Å². The largest absolute Gasteiger partial charge is 0.383 e. The van der Waals surface area contributed by atoms with Crippen LogP contribution < -0.4 is 5.73 Å². The molecular weight excluding hydrogens is 234 g/mol. The molecule has 0 spiro atoms. The van der Waals surface area contributed by atoms with Crippen molar-refractivity contribution in [3.05, 3.63) is 35.2 Å². The van der Waals surface area contributed by atoms with E-state index in [0.29, 0.717) is 23.6 Å². The summed E-state index contributed by atoms with van der Waals surface area (Å²) in [6.45, 7) is 6.24. The van der Waals surface area contributed by atoms with Gasteiger partial charge in [0.05, 0.1) is 17.0 Å². The summed E-state index contributed by atoms with van der Waals surface area (Å²) in [7, 11) is 0. The summed E-state index contributed by atoms with van der Waals surface area (Å²) in [5, 5.41) is 6.32. The van der Waals surface area contributed by atoms with Gasteiger partial charge in [0.2, 0.25) is 0 Å². The molecule has 0 aliphatic rings. The van der Waals surface area contributed by atoms with E-state index in [2.05, 4.69) is 11.7 Å². The highest BCUT2D eigenvalue weighted by Gasteiger charge is 2.16. The lowest BCUT2D eigenvalue weighted by Crippen LogP contribution is -2.05. The molecule has 0 fully saturated rings. The number of allylic oxidation sites excluding steroid dienone is 1. The van der Waals surface area contributed by atoms with Crippen molar-refractivity contribution in [3.8, 4) is 10.6 Å². The van der Waals surface area contributed by atoms with Crippen LogP contribution in [0, 0.1) is 0 Å². The first-order valence-corrected chi connectivity index (χ1v) is 6.01. The van der Waals surface area contributed by atoms with Crippen LogP contribution in [0.25, 0.3) is 10.6 Å². The van der Waals surface area contributed by atoms with Crippen LogP contribution in [0.5, 0.6) is 0 Å². The van der Waals surface area contributed by atoms with Gasteiger partial charge in [0.15, 0.2) is 6.29 Å². The lowest BCUT2D eigenvalue weighted by molar-refractivity contribution is 0.112. The van der Waals surface area contributed by atoms with Crippen molar-refractivity contribution in [2.24, 2.45) is 0 Å². The van der Waals surface area contributed by atoms with Gasteiger partial charge in [-0.25, -0.2) is 4.68 Å². The number of carbonyl (C=O) groups excluding carboxylic acids is 1. The molecule has 0 aromatic carbocycles. The van der Waals surface area contributed by atoms with Gasteiger partial charge in [-0.05, 0) is 18.4 Å². The Morgan fingerprint density at radius 2 is 2.47 bits per heavy atom. The van der Waals surface area contributed by atoms with Gasteiger partial charge in [-0.2, -0.15) is 5.10 Å². The number of rotatable bonds is 4. The van der Waals surface area contributed by atoms with Gasteiger partial charge in [0.25, 0.3) is 0 Å². The van der Waals surface area contributed by atoms with E-state index in [9.17, 15) is 4.79 Å². The van der Waals surface area contributed by atoms with Crippen molar-refractivity contribution in [2.75, 3.05) is 5.73 Å². The lowest BCUT2D eigenvalue weighted by atomic mass is 10.2. The van der Waals surface area contributed by atoms with E-state index in [-0.39, 0.29) is 0 Å². The zero-order valence-corrected chi connectivity index (χ0v) is 10.3. The Morgan fingerprint density at radius 3 is 3.00 bits per heavy atom. The minimum atomic E-state index is 0.395. The van der Waals surface area contributed by atoms with Crippen LogP contribution in [0.4, 0.5) is 5.82 Å². The predicted molar refractivity (Wildman–Crippen MR) is 70.2 cm³/mol. The molecule has 0 radical (unpaired) electrons. The number of nitrogen functional groups attached to an aromatic ring is 1. The van der Waals surface area contributed by atoms with E-state index in [1.807, 2.05) is 24.4 Å². The first kappa shape index (κ1) is 11.6. The Balaban J connectivity index is 2.53. The fourth-order valence-corrected chi connectivity index (χ4v) is 2.30. The van der Waals surface area contributed by atoms with Crippen LogP contribution in [0.3, 0.4) is 0 Å². The number of aldehydes is 1. The van der Waals surface area contributed by atoms with Gasteiger partial charge < -0.3 is 5.73 Å². The Bertz CT molecular complexity index is 555. The van der Waals surface area contributed by atoms with Gasteiger partial charge in [-0.3, -0.25) is 4.79 Å². The maximum Gasteiger partial charge on any atom is 0.156 e. The lowest BCUT2D eigenvalue weighted by Gasteiger charge is -2.02. The van der Waals surface area contributed by atoms with E-state index in [0.717, 1.165) is 16.7 Å². The molecule has 17 heavy (non-hydrogen) atoms. The van der Waals surface area contributed by atoms with Gasteiger partial charge >= 0.3 is 0 Å². The third kappa shape index (κ3) is 2.14. The van der Waals surface area contributed by atoms with Crippen LogP contribution in [0.2, 0.25) is 0 Å². The molecule has 2 aromatic rings. The fourth-order valence-electron chi connectivity index (χ4n) is 1.58. The molecule has 2 aromatic heterocycles. The Morgan fingerprint density at radius 1 is 1.71 bits per heavy atom. The zero-order chi connectivity index (χ0) is 12.4. The number of nitrogens with two attached hydrogens (primary N) is 1. The monoisotopic (exact) mass is 247 g/mol. The Kier molecular flexibility index (Phi) is 3.10. The van der Waals surface area contributed by atoms with Crippen LogP contribution in [0.15, 0.2) is 29.7 Å². The van der Waals surface area contributed by atoms with E-state index >= 15 is 0 Å². The van der Waals surface area contributed by atoms with E-state index in [1.54, 1.807) is 4.68 Å². The van der Waals surface area contributed by atoms with Gasteiger partial charge in [-0.1, -0.05) is 18.2 Å². The number of hydrogen-bond acceptors (Lipinski definition) is 4. The summed E-state index contributed by atoms with van der Waals surface area (Å²) in [5.41, 5.74) is 7.94. The molecule has 5 heteroatoms. The number of hydrogen-bond donors (Lipinski definition) is 1. The van der Waals surface area contributed by atoms with Crippen molar-refractivity contribution in [2.45, 2.75) is 13.5 Å². The molecule has 88 valence electrons. The minimum Gasteiger partial charge on any atom is -0.383 e. The first-order chi connectivity index (χ1) is 8.13. The number of anilines is 1. The molecule has 0 aliphatic heterocycles. The molecule has 0 unspecified atom stereocenters. The molecule has 0 atom stereocenters. The third-order valence-corrected chi connectivity index (χ3v) is 3.20. The number of aromatic nitrogens is 2. The fraction of sp³-hybridized carbons (Fsp3) is 0.167. The second kappa shape index (κ2) is 4.55. The molecule has 0 aliphatic carbocycles. The van der Waals surface area contributed by atoms with Crippen molar-refractivity contribution < 1.29 is 4.79 Å². The van der Waals surface area contributed by atoms with Crippen molar-refractivity contribution in [1.82, 2.24) is 9.78 Å². The Labute approximate surface area is 103 Å². The average molecular weight is 247 g/mol. The third-order valence-electron chi connectivity index (χ3n) is 2.32. The van der Waals surface area contributed by atoms with Crippen molar-refractivity contribution in [1.29, 1.82) is 0 Å². The molecule has 0 amide bonds. The van der Waals surface area contributed by atoms with E-state index in [1.165, 1.54) is 11.3 Å².